The van der Waals surface area contributed by atoms with Crippen molar-refractivity contribution in [3.63, 3.8) is 0 Å². The van der Waals surface area contributed by atoms with Gasteiger partial charge in [0.2, 0.25) is 0 Å². The van der Waals surface area contributed by atoms with Crippen molar-refractivity contribution in [2.24, 2.45) is 0 Å². The predicted molar refractivity (Wildman–Crippen MR) is 53.1 cm³/mol. The molecule has 1 aromatic heterocycles. The van der Waals surface area contributed by atoms with Gasteiger partial charge in [-0.1, -0.05) is 5.16 Å². The third-order valence-corrected chi connectivity index (χ3v) is 2.25. The van der Waals surface area contributed by atoms with Crippen LogP contribution in [0, 0.1) is 23.3 Å². The normalized spacial score (nSPS) is 10.7. The van der Waals surface area contributed by atoms with Crippen LogP contribution < -0.4 is 5.73 Å². The van der Waals surface area contributed by atoms with Gasteiger partial charge < -0.3 is 15.4 Å². The molecular formula is C10H4F4N2O3. The molecule has 0 saturated carbocycles. The maximum Gasteiger partial charge on any atom is 0.341 e. The zero-order valence-corrected chi connectivity index (χ0v) is 8.88. The SMILES string of the molecule is Nc1cc(-c2c(F)c(F)c(C(=O)O)c(F)c2F)on1. The average molecular weight is 276 g/mol. The second kappa shape index (κ2) is 4.26. The van der Waals surface area contributed by atoms with Gasteiger partial charge in [-0.3, -0.25) is 0 Å². The fourth-order valence-corrected chi connectivity index (χ4v) is 1.44. The van der Waals surface area contributed by atoms with E-state index in [1.165, 1.54) is 0 Å². The number of carbonyl (C=O) groups is 1. The summed E-state index contributed by atoms with van der Waals surface area (Å²) in [5.41, 5.74) is 2.19. The van der Waals surface area contributed by atoms with Crippen molar-refractivity contribution in [1.29, 1.82) is 0 Å². The Hall–Kier alpha value is -2.58. The van der Waals surface area contributed by atoms with E-state index in [-0.39, 0.29) is 5.82 Å². The lowest BCUT2D eigenvalue weighted by molar-refractivity contribution is 0.0683. The Morgan fingerprint density at radius 1 is 1.16 bits per heavy atom. The molecule has 0 aliphatic heterocycles. The van der Waals surface area contributed by atoms with Crippen LogP contribution in [-0.2, 0) is 0 Å². The Morgan fingerprint density at radius 3 is 2.05 bits per heavy atom. The number of aromatic nitrogens is 1. The van der Waals surface area contributed by atoms with E-state index in [0.29, 0.717) is 0 Å². The van der Waals surface area contributed by atoms with Crippen LogP contribution >= 0.6 is 0 Å². The molecule has 0 amide bonds. The number of rotatable bonds is 2. The zero-order valence-electron chi connectivity index (χ0n) is 8.88. The molecule has 0 bridgehead atoms. The van der Waals surface area contributed by atoms with Gasteiger partial charge in [0.25, 0.3) is 0 Å². The third kappa shape index (κ3) is 1.88. The van der Waals surface area contributed by atoms with E-state index in [1.54, 1.807) is 0 Å². The van der Waals surface area contributed by atoms with Crippen molar-refractivity contribution in [2.75, 3.05) is 5.73 Å². The molecule has 1 heterocycles. The molecule has 5 nitrogen and oxygen atoms in total. The summed E-state index contributed by atoms with van der Waals surface area (Å²) in [6.07, 6.45) is 0. The Bertz CT molecular complexity index is 655. The monoisotopic (exact) mass is 276 g/mol. The minimum atomic E-state index is -2.14. The molecule has 0 spiro atoms. The van der Waals surface area contributed by atoms with E-state index in [0.717, 1.165) is 6.07 Å². The number of carboxylic acid groups (broad SMARTS) is 1. The number of nitrogens with two attached hydrogens (primary N) is 1. The average Bonchev–Trinajstić information content (AvgIpc) is 2.73. The molecule has 0 fully saturated rings. The molecule has 9 heteroatoms. The van der Waals surface area contributed by atoms with Gasteiger partial charge in [0.1, 0.15) is 5.56 Å². The zero-order chi connectivity index (χ0) is 14.3. The van der Waals surface area contributed by atoms with Gasteiger partial charge in [0.05, 0.1) is 5.56 Å². The van der Waals surface area contributed by atoms with Crippen LogP contribution in [0.3, 0.4) is 0 Å². The highest BCUT2D eigenvalue weighted by Crippen LogP contribution is 2.32. The van der Waals surface area contributed by atoms with E-state index in [2.05, 4.69) is 9.68 Å². The molecule has 0 radical (unpaired) electrons. The first kappa shape index (κ1) is 12.9. The maximum absolute atomic E-state index is 13.6. The Labute approximate surface area is 102 Å². The standard InChI is InChI=1S/C10H4F4N2O3/c11-6-4(2-1-3(15)16-19-2)7(12)9(14)5(8(6)13)10(17)18/h1H,(H2,15,16)(H,17,18). The summed E-state index contributed by atoms with van der Waals surface area (Å²) >= 11 is 0. The van der Waals surface area contributed by atoms with E-state index < -0.39 is 46.1 Å². The van der Waals surface area contributed by atoms with Crippen LogP contribution in [-0.4, -0.2) is 16.2 Å². The molecule has 0 aliphatic rings. The fraction of sp³-hybridized carbons (Fsp3) is 0. The first-order chi connectivity index (χ1) is 8.84. The third-order valence-electron chi connectivity index (χ3n) is 2.25. The largest absolute Gasteiger partial charge is 0.477 e. The summed E-state index contributed by atoms with van der Waals surface area (Å²) in [6.45, 7) is 0. The minimum absolute atomic E-state index is 0.267. The van der Waals surface area contributed by atoms with Crippen LogP contribution in [0.1, 0.15) is 10.4 Å². The number of nitrogens with zero attached hydrogens (tertiary/aromatic N) is 1. The number of carboxylic acids is 1. The molecule has 100 valence electrons. The second-order valence-corrected chi connectivity index (χ2v) is 3.43. The van der Waals surface area contributed by atoms with Gasteiger partial charge in [-0.25, -0.2) is 22.4 Å². The highest BCUT2D eigenvalue weighted by molar-refractivity contribution is 5.89. The van der Waals surface area contributed by atoms with Crippen molar-refractivity contribution in [1.82, 2.24) is 5.16 Å². The van der Waals surface area contributed by atoms with E-state index in [1.807, 2.05) is 0 Å². The number of hydrogen-bond donors (Lipinski definition) is 2. The van der Waals surface area contributed by atoms with E-state index in [9.17, 15) is 22.4 Å². The second-order valence-electron chi connectivity index (χ2n) is 3.43. The summed E-state index contributed by atoms with van der Waals surface area (Å²) in [4.78, 5) is 10.5. The maximum atomic E-state index is 13.6. The van der Waals surface area contributed by atoms with Crippen LogP contribution in [0.4, 0.5) is 23.4 Å². The van der Waals surface area contributed by atoms with Crippen LogP contribution in [0.5, 0.6) is 0 Å². The van der Waals surface area contributed by atoms with Crippen molar-refractivity contribution in [2.45, 2.75) is 0 Å². The van der Waals surface area contributed by atoms with E-state index >= 15 is 0 Å². The quantitative estimate of drug-likeness (QED) is 0.648. The Balaban J connectivity index is 2.81. The molecule has 0 saturated heterocycles. The molecule has 0 aliphatic carbocycles. The summed E-state index contributed by atoms with van der Waals surface area (Å²) in [5.74, 6) is -11.0. The molecule has 2 rings (SSSR count). The Kier molecular flexibility index (Phi) is 2.89. The lowest BCUT2D eigenvalue weighted by Gasteiger charge is -2.07. The van der Waals surface area contributed by atoms with Gasteiger partial charge in [0, 0.05) is 6.07 Å². The summed E-state index contributed by atoms with van der Waals surface area (Å²) in [7, 11) is 0. The van der Waals surface area contributed by atoms with Gasteiger partial charge >= 0.3 is 5.97 Å². The van der Waals surface area contributed by atoms with Gasteiger partial charge in [-0.15, -0.1) is 0 Å². The fourth-order valence-electron chi connectivity index (χ4n) is 1.44. The first-order valence-electron chi connectivity index (χ1n) is 4.66. The summed E-state index contributed by atoms with van der Waals surface area (Å²) in [6, 6.07) is 0.834. The Morgan fingerprint density at radius 2 is 1.68 bits per heavy atom. The molecule has 2 aromatic rings. The smallest absolute Gasteiger partial charge is 0.341 e. The summed E-state index contributed by atoms with van der Waals surface area (Å²) in [5, 5.41) is 11.6. The van der Waals surface area contributed by atoms with Crippen LogP contribution in [0.15, 0.2) is 10.6 Å². The van der Waals surface area contributed by atoms with E-state index in [4.69, 9.17) is 10.8 Å². The van der Waals surface area contributed by atoms with Gasteiger partial charge in [0.15, 0.2) is 34.8 Å². The van der Waals surface area contributed by atoms with Crippen molar-refractivity contribution in [3.8, 4) is 11.3 Å². The topological polar surface area (TPSA) is 89.4 Å². The summed E-state index contributed by atoms with van der Waals surface area (Å²) < 4.78 is 58.3. The van der Waals surface area contributed by atoms with Crippen LogP contribution in [0.25, 0.3) is 11.3 Å². The lowest BCUT2D eigenvalue weighted by Crippen LogP contribution is -2.11. The highest BCUT2D eigenvalue weighted by atomic mass is 19.2. The molecule has 0 unspecified atom stereocenters. The minimum Gasteiger partial charge on any atom is -0.477 e. The van der Waals surface area contributed by atoms with Crippen LogP contribution in [0.2, 0.25) is 0 Å². The predicted octanol–water partition coefficient (Wildman–Crippen LogP) is 2.18. The van der Waals surface area contributed by atoms with Crippen molar-refractivity contribution in [3.05, 3.63) is 34.9 Å². The number of nitrogen functional groups attached to an aromatic ring is 1. The number of anilines is 1. The number of hydrogen-bond acceptors (Lipinski definition) is 4. The molecule has 0 atom stereocenters. The number of benzene rings is 1. The first-order valence-corrected chi connectivity index (χ1v) is 4.66. The molecule has 1 aromatic carbocycles. The van der Waals surface area contributed by atoms with Gasteiger partial charge in [-0.2, -0.15) is 0 Å². The van der Waals surface area contributed by atoms with Gasteiger partial charge in [-0.05, 0) is 0 Å². The molecular weight excluding hydrogens is 272 g/mol. The number of aromatic carboxylic acids is 1. The highest BCUT2D eigenvalue weighted by Gasteiger charge is 2.31. The molecule has 19 heavy (non-hydrogen) atoms. The number of halogens is 4. The lowest BCUT2D eigenvalue weighted by atomic mass is 10.1. The van der Waals surface area contributed by atoms with Crippen molar-refractivity contribution >= 4 is 11.8 Å². The van der Waals surface area contributed by atoms with Crippen molar-refractivity contribution < 1.29 is 32.0 Å². The molecule has 3 N–H and O–H groups in total.